The summed E-state index contributed by atoms with van der Waals surface area (Å²) in [4.78, 5) is 16.2. The van der Waals surface area contributed by atoms with Crippen molar-refractivity contribution in [1.29, 1.82) is 0 Å². The minimum Gasteiger partial charge on any atom is -0.373 e. The van der Waals surface area contributed by atoms with Crippen molar-refractivity contribution >= 4 is 52.2 Å². The summed E-state index contributed by atoms with van der Waals surface area (Å²) in [6, 6.07) is 5.24. The Bertz CT molecular complexity index is 686. The van der Waals surface area contributed by atoms with Crippen molar-refractivity contribution in [3.8, 4) is 0 Å². The lowest BCUT2D eigenvalue weighted by Gasteiger charge is -2.10. The van der Waals surface area contributed by atoms with Crippen molar-refractivity contribution in [2.24, 2.45) is 0 Å². The van der Waals surface area contributed by atoms with Gasteiger partial charge in [0.25, 0.3) is 5.91 Å². The molecule has 0 saturated heterocycles. The number of carbonyl (C=O) groups excluding carboxylic acids is 1. The van der Waals surface area contributed by atoms with Gasteiger partial charge >= 0.3 is 0 Å². The summed E-state index contributed by atoms with van der Waals surface area (Å²) in [7, 11) is 1.66. The molecular weight excluding hydrogens is 340 g/mol. The van der Waals surface area contributed by atoms with Gasteiger partial charge in [-0.2, -0.15) is 0 Å². The molecule has 4 nitrogen and oxygen atoms in total. The molecule has 0 aliphatic carbocycles. The highest BCUT2D eigenvalue weighted by molar-refractivity contribution is 6.40. The van der Waals surface area contributed by atoms with Gasteiger partial charge < -0.3 is 10.6 Å². The Labute approximate surface area is 135 Å². The minimum atomic E-state index is -0.604. The Morgan fingerprint density at radius 2 is 1.76 bits per heavy atom. The molecule has 2 N–H and O–H groups in total. The molecule has 1 amide bonds. The van der Waals surface area contributed by atoms with E-state index in [1.54, 1.807) is 13.1 Å². The molecule has 21 heavy (non-hydrogen) atoms. The van der Waals surface area contributed by atoms with Gasteiger partial charge in [0.15, 0.2) is 0 Å². The fourth-order valence-electron chi connectivity index (χ4n) is 1.57. The van der Waals surface area contributed by atoms with Crippen LogP contribution in [0.3, 0.4) is 0 Å². The lowest BCUT2D eigenvalue weighted by molar-refractivity contribution is 0.102. The Balaban J connectivity index is 2.35. The van der Waals surface area contributed by atoms with Crippen LogP contribution in [0, 0.1) is 5.82 Å². The zero-order valence-electron chi connectivity index (χ0n) is 10.7. The normalized spacial score (nSPS) is 10.3. The molecule has 1 aromatic heterocycles. The maximum atomic E-state index is 13.1. The average Bonchev–Trinajstić information content (AvgIpc) is 2.43. The van der Waals surface area contributed by atoms with Gasteiger partial charge in [-0.15, -0.1) is 0 Å². The maximum absolute atomic E-state index is 13.1. The molecule has 0 saturated carbocycles. The third-order valence-corrected chi connectivity index (χ3v) is 3.46. The number of amides is 1. The molecule has 0 aliphatic rings. The number of anilines is 2. The van der Waals surface area contributed by atoms with Crippen LogP contribution in [0.25, 0.3) is 0 Å². The van der Waals surface area contributed by atoms with Gasteiger partial charge in [-0.1, -0.05) is 34.8 Å². The molecule has 0 aliphatic heterocycles. The summed E-state index contributed by atoms with van der Waals surface area (Å²) in [5.74, 6) is -0.732. The van der Waals surface area contributed by atoms with E-state index in [2.05, 4.69) is 15.6 Å². The Morgan fingerprint density at radius 1 is 1.14 bits per heavy atom. The van der Waals surface area contributed by atoms with Crippen molar-refractivity contribution in [2.75, 3.05) is 17.7 Å². The van der Waals surface area contributed by atoms with Gasteiger partial charge in [-0.05, 0) is 24.3 Å². The molecule has 1 heterocycles. The molecule has 0 bridgehead atoms. The molecule has 110 valence electrons. The Hall–Kier alpha value is -1.56. The second kappa shape index (κ2) is 6.47. The molecule has 0 atom stereocenters. The highest BCUT2D eigenvalue weighted by Crippen LogP contribution is 2.32. The van der Waals surface area contributed by atoms with Crippen LogP contribution >= 0.6 is 34.8 Å². The van der Waals surface area contributed by atoms with E-state index in [1.807, 2.05) is 0 Å². The van der Waals surface area contributed by atoms with E-state index in [-0.39, 0.29) is 26.4 Å². The zero-order chi connectivity index (χ0) is 15.6. The number of hydrogen-bond acceptors (Lipinski definition) is 3. The number of aromatic nitrogens is 1. The van der Waals surface area contributed by atoms with Crippen LogP contribution in [0.1, 0.15) is 10.5 Å². The smallest absolute Gasteiger partial charge is 0.275 e. The summed E-state index contributed by atoms with van der Waals surface area (Å²) in [6.07, 6.45) is 0. The molecule has 1 aromatic carbocycles. The summed E-state index contributed by atoms with van der Waals surface area (Å²) in [5.41, 5.74) is 0.0948. The summed E-state index contributed by atoms with van der Waals surface area (Å²) in [6.45, 7) is 0. The predicted octanol–water partition coefficient (Wildman–Crippen LogP) is 4.47. The monoisotopic (exact) mass is 347 g/mol. The molecule has 0 radical (unpaired) electrons. The number of nitrogens with one attached hydrogen (secondary N) is 2. The second-order valence-corrected chi connectivity index (χ2v) is 5.20. The van der Waals surface area contributed by atoms with Crippen LogP contribution in [0.15, 0.2) is 24.3 Å². The fourth-order valence-corrected chi connectivity index (χ4v) is 2.32. The largest absolute Gasteiger partial charge is 0.373 e. The minimum absolute atomic E-state index is 0.0000231. The van der Waals surface area contributed by atoms with Crippen LogP contribution in [0.2, 0.25) is 15.1 Å². The number of pyridine rings is 1. The van der Waals surface area contributed by atoms with Gasteiger partial charge in [-0.25, -0.2) is 9.37 Å². The molecular formula is C13H9Cl3FN3O. The van der Waals surface area contributed by atoms with Crippen LogP contribution in [-0.4, -0.2) is 17.9 Å². The SMILES string of the molecule is CNc1ccc(Cl)c(C(=O)Nc2c(Cl)cc(F)cc2Cl)n1. The van der Waals surface area contributed by atoms with Gasteiger partial charge in [0, 0.05) is 7.05 Å². The van der Waals surface area contributed by atoms with Crippen LogP contribution < -0.4 is 10.6 Å². The molecule has 0 fully saturated rings. The van der Waals surface area contributed by atoms with Crippen LogP contribution in [0.4, 0.5) is 15.9 Å². The van der Waals surface area contributed by atoms with Crippen LogP contribution in [0.5, 0.6) is 0 Å². The first kappa shape index (κ1) is 15.8. The number of nitrogens with zero attached hydrogens (tertiary/aromatic N) is 1. The van der Waals surface area contributed by atoms with Crippen LogP contribution in [-0.2, 0) is 0 Å². The van der Waals surface area contributed by atoms with Gasteiger partial charge in [0.2, 0.25) is 0 Å². The van der Waals surface area contributed by atoms with Gasteiger partial charge in [-0.3, -0.25) is 4.79 Å². The van der Waals surface area contributed by atoms with E-state index in [9.17, 15) is 9.18 Å². The van der Waals surface area contributed by atoms with Crippen molar-refractivity contribution < 1.29 is 9.18 Å². The first-order chi connectivity index (χ1) is 9.92. The van der Waals surface area contributed by atoms with Crippen molar-refractivity contribution in [3.05, 3.63) is 50.8 Å². The topological polar surface area (TPSA) is 54.0 Å². The molecule has 2 rings (SSSR count). The zero-order valence-corrected chi connectivity index (χ0v) is 12.9. The number of benzene rings is 1. The molecule has 8 heteroatoms. The third-order valence-electron chi connectivity index (χ3n) is 2.56. The Morgan fingerprint density at radius 3 is 2.33 bits per heavy atom. The molecule has 0 spiro atoms. The predicted molar refractivity (Wildman–Crippen MR) is 83.2 cm³/mol. The first-order valence-corrected chi connectivity index (χ1v) is 6.86. The molecule has 0 unspecified atom stereocenters. The number of carbonyl (C=O) groups is 1. The first-order valence-electron chi connectivity index (χ1n) is 5.72. The van der Waals surface area contributed by atoms with Crippen molar-refractivity contribution in [1.82, 2.24) is 4.98 Å². The van der Waals surface area contributed by atoms with E-state index in [4.69, 9.17) is 34.8 Å². The highest BCUT2D eigenvalue weighted by atomic mass is 35.5. The lowest BCUT2D eigenvalue weighted by atomic mass is 10.2. The van der Waals surface area contributed by atoms with E-state index >= 15 is 0 Å². The fraction of sp³-hybridized carbons (Fsp3) is 0.0769. The average molecular weight is 349 g/mol. The van der Waals surface area contributed by atoms with E-state index in [0.717, 1.165) is 12.1 Å². The Kier molecular flexibility index (Phi) is 4.88. The summed E-state index contributed by atoms with van der Waals surface area (Å²) >= 11 is 17.7. The molecule has 2 aromatic rings. The number of rotatable bonds is 3. The number of halogens is 4. The van der Waals surface area contributed by atoms with E-state index in [0.29, 0.717) is 5.82 Å². The second-order valence-electron chi connectivity index (χ2n) is 3.98. The standard InChI is InChI=1S/C13H9Cl3FN3O/c1-18-10-3-2-7(14)12(19-10)13(21)20-11-8(15)4-6(17)5-9(11)16/h2-5H,1H3,(H,18,19)(H,20,21). The van der Waals surface area contributed by atoms with E-state index < -0.39 is 11.7 Å². The van der Waals surface area contributed by atoms with Gasteiger partial charge in [0.1, 0.15) is 17.3 Å². The quantitative estimate of drug-likeness (QED) is 0.860. The highest BCUT2D eigenvalue weighted by Gasteiger charge is 2.17. The van der Waals surface area contributed by atoms with Crippen molar-refractivity contribution in [2.45, 2.75) is 0 Å². The summed E-state index contributed by atoms with van der Waals surface area (Å²) < 4.78 is 13.1. The van der Waals surface area contributed by atoms with Gasteiger partial charge in [0.05, 0.1) is 20.8 Å². The van der Waals surface area contributed by atoms with E-state index in [1.165, 1.54) is 6.07 Å². The number of hydrogen-bond donors (Lipinski definition) is 2. The maximum Gasteiger partial charge on any atom is 0.275 e. The van der Waals surface area contributed by atoms with Crippen molar-refractivity contribution in [3.63, 3.8) is 0 Å². The summed E-state index contributed by atoms with van der Waals surface area (Å²) in [5, 5.41) is 5.39. The third kappa shape index (κ3) is 3.56. The lowest BCUT2D eigenvalue weighted by Crippen LogP contribution is -2.15.